The van der Waals surface area contributed by atoms with Crippen LogP contribution in [0.1, 0.15) is 71.6 Å². The van der Waals surface area contributed by atoms with Gasteiger partial charge < -0.3 is 14.2 Å². The van der Waals surface area contributed by atoms with E-state index in [9.17, 15) is 4.79 Å². The number of esters is 1. The Kier molecular flexibility index (Phi) is 3.52. The van der Waals surface area contributed by atoms with E-state index in [2.05, 4.69) is 13.8 Å². The molecule has 2 aliphatic heterocycles. The Balaban J connectivity index is 1.30. The molecule has 0 aromatic heterocycles. The Hall–Kier alpha value is -0.610. The third-order valence-corrected chi connectivity index (χ3v) is 10.3. The van der Waals surface area contributed by atoms with Crippen molar-refractivity contribution in [1.29, 1.82) is 0 Å². The largest absolute Gasteiger partial charge is 0.462 e. The molecule has 2 saturated heterocycles. The van der Waals surface area contributed by atoms with Crippen LogP contribution in [0.3, 0.4) is 0 Å². The molecule has 0 amide bonds. The summed E-state index contributed by atoms with van der Waals surface area (Å²) >= 11 is 0. The van der Waals surface area contributed by atoms with Gasteiger partial charge in [-0.15, -0.1) is 0 Å². The van der Waals surface area contributed by atoms with E-state index in [1.54, 1.807) is 0 Å². The smallest absolute Gasteiger partial charge is 0.313 e. The molecule has 4 nitrogen and oxygen atoms in total. The number of hydrogen-bond acceptors (Lipinski definition) is 4. The highest BCUT2D eigenvalue weighted by molar-refractivity contribution is 5.81. The van der Waals surface area contributed by atoms with Crippen molar-refractivity contribution in [3.63, 3.8) is 0 Å². The lowest BCUT2D eigenvalue weighted by Gasteiger charge is -2.61. The number of hydrogen-bond donors (Lipinski definition) is 0. The molecule has 0 aromatic rings. The van der Waals surface area contributed by atoms with Gasteiger partial charge in [-0.3, -0.25) is 4.79 Å². The van der Waals surface area contributed by atoms with Crippen molar-refractivity contribution < 1.29 is 19.0 Å². The van der Waals surface area contributed by atoms with E-state index in [1.165, 1.54) is 38.5 Å². The number of fused-ring (bicyclic) bond motifs is 4. The van der Waals surface area contributed by atoms with Crippen LogP contribution in [0.15, 0.2) is 0 Å². The second-order valence-corrected chi connectivity index (χ2v) is 10.8. The molecule has 4 aliphatic carbocycles. The van der Waals surface area contributed by atoms with E-state index in [0.29, 0.717) is 23.2 Å². The lowest BCUT2D eigenvalue weighted by atomic mass is 9.44. The Morgan fingerprint density at radius 3 is 2.48 bits per heavy atom. The molecule has 4 saturated carbocycles. The van der Waals surface area contributed by atoms with E-state index in [4.69, 9.17) is 14.2 Å². The standard InChI is InChI=1S/C23H34O4/c1-14-17-5-6-19-16-4-3-15-13-22(25-11-12-26-22)10-9-21(15,2)18(16)7-8-23(17,19)20(24)27-14/h14-19H,3-13H2,1-2H3. The van der Waals surface area contributed by atoms with E-state index in [0.717, 1.165) is 44.3 Å². The van der Waals surface area contributed by atoms with Gasteiger partial charge in [-0.2, -0.15) is 0 Å². The fourth-order valence-electron chi connectivity index (χ4n) is 9.09. The quantitative estimate of drug-likeness (QED) is 0.593. The zero-order valence-electron chi connectivity index (χ0n) is 16.9. The van der Waals surface area contributed by atoms with Gasteiger partial charge in [0.05, 0.1) is 18.6 Å². The van der Waals surface area contributed by atoms with Crippen molar-refractivity contribution in [2.75, 3.05) is 13.2 Å². The topological polar surface area (TPSA) is 44.8 Å². The summed E-state index contributed by atoms with van der Waals surface area (Å²) in [4.78, 5) is 13.0. The number of cyclic esters (lactones) is 1. The predicted molar refractivity (Wildman–Crippen MR) is 99.7 cm³/mol. The fraction of sp³-hybridized carbons (Fsp3) is 0.957. The van der Waals surface area contributed by atoms with E-state index < -0.39 is 0 Å². The summed E-state index contributed by atoms with van der Waals surface area (Å²) in [7, 11) is 0. The lowest BCUT2D eigenvalue weighted by molar-refractivity contribution is -0.229. The van der Waals surface area contributed by atoms with Gasteiger partial charge in [0.2, 0.25) is 0 Å². The highest BCUT2D eigenvalue weighted by atomic mass is 16.7. The van der Waals surface area contributed by atoms with Crippen LogP contribution in [-0.2, 0) is 19.0 Å². The molecule has 6 fully saturated rings. The van der Waals surface area contributed by atoms with Gasteiger partial charge in [-0.25, -0.2) is 0 Å². The first-order valence-electron chi connectivity index (χ1n) is 11.5. The van der Waals surface area contributed by atoms with Gasteiger partial charge in [-0.05, 0) is 81.0 Å². The number of carbonyl (C=O) groups excluding carboxylic acids is 1. The highest BCUT2D eigenvalue weighted by Crippen LogP contribution is 2.70. The van der Waals surface area contributed by atoms with Crippen molar-refractivity contribution >= 4 is 5.97 Å². The van der Waals surface area contributed by atoms with Crippen LogP contribution in [0.25, 0.3) is 0 Å². The second-order valence-electron chi connectivity index (χ2n) is 10.8. The van der Waals surface area contributed by atoms with Gasteiger partial charge in [0, 0.05) is 18.8 Å². The summed E-state index contributed by atoms with van der Waals surface area (Å²) in [5.74, 6) is 3.16. The first kappa shape index (κ1) is 17.3. The average Bonchev–Trinajstić information content (AvgIpc) is 3.32. The van der Waals surface area contributed by atoms with Gasteiger partial charge in [0.25, 0.3) is 0 Å². The molecular weight excluding hydrogens is 340 g/mol. The number of carbonyl (C=O) groups is 1. The zero-order chi connectivity index (χ0) is 18.4. The summed E-state index contributed by atoms with van der Waals surface area (Å²) in [6.45, 7) is 6.23. The van der Waals surface area contributed by atoms with Crippen LogP contribution >= 0.6 is 0 Å². The Morgan fingerprint density at radius 2 is 1.67 bits per heavy atom. The number of ether oxygens (including phenoxy) is 3. The molecule has 4 heteroatoms. The fourth-order valence-corrected chi connectivity index (χ4v) is 9.09. The lowest BCUT2D eigenvalue weighted by Crippen LogP contribution is -2.57. The molecular formula is C23H34O4. The molecule has 2 spiro atoms. The summed E-state index contributed by atoms with van der Waals surface area (Å²) in [6.07, 6.45) is 10.8. The Morgan fingerprint density at radius 1 is 0.889 bits per heavy atom. The van der Waals surface area contributed by atoms with Crippen molar-refractivity contribution in [3.05, 3.63) is 0 Å². The first-order valence-corrected chi connectivity index (χ1v) is 11.5. The van der Waals surface area contributed by atoms with Crippen molar-refractivity contribution in [1.82, 2.24) is 0 Å². The number of rotatable bonds is 0. The van der Waals surface area contributed by atoms with Crippen molar-refractivity contribution in [3.8, 4) is 0 Å². The van der Waals surface area contributed by atoms with Gasteiger partial charge in [-0.1, -0.05) is 6.92 Å². The molecule has 0 aromatic carbocycles. The first-order chi connectivity index (χ1) is 13.0. The highest BCUT2D eigenvalue weighted by Gasteiger charge is 2.69. The van der Waals surface area contributed by atoms with Crippen LogP contribution in [0.4, 0.5) is 0 Å². The van der Waals surface area contributed by atoms with E-state index in [1.807, 2.05) is 0 Å². The summed E-state index contributed by atoms with van der Waals surface area (Å²) in [5.41, 5.74) is 0.272. The molecule has 8 atom stereocenters. The molecule has 6 aliphatic rings. The minimum absolute atomic E-state index is 0.128. The molecule has 27 heavy (non-hydrogen) atoms. The molecule has 2 heterocycles. The summed E-state index contributed by atoms with van der Waals surface area (Å²) < 4.78 is 17.9. The van der Waals surface area contributed by atoms with Crippen molar-refractivity contribution in [2.45, 2.75) is 83.5 Å². The van der Waals surface area contributed by atoms with Crippen molar-refractivity contribution in [2.24, 2.45) is 40.4 Å². The minimum Gasteiger partial charge on any atom is -0.462 e. The van der Waals surface area contributed by atoms with Crippen LogP contribution in [0.2, 0.25) is 0 Å². The van der Waals surface area contributed by atoms with Crippen LogP contribution in [0, 0.1) is 40.4 Å². The average molecular weight is 375 g/mol. The molecule has 0 bridgehead atoms. The molecule has 6 rings (SSSR count). The van der Waals surface area contributed by atoms with Gasteiger partial charge in [0.1, 0.15) is 6.10 Å². The SMILES string of the molecule is CC1OC(=O)C23CCC4C(CCC5CC6(CCC54C)OCCO6)C2CCC13. The molecule has 0 N–H and O–H groups in total. The monoisotopic (exact) mass is 374 g/mol. The molecule has 0 radical (unpaired) electrons. The maximum absolute atomic E-state index is 13.0. The molecule has 8 unspecified atom stereocenters. The second kappa shape index (κ2) is 5.50. The zero-order valence-corrected chi connectivity index (χ0v) is 16.9. The van der Waals surface area contributed by atoms with Crippen LogP contribution in [0.5, 0.6) is 0 Å². The maximum atomic E-state index is 13.0. The third-order valence-electron chi connectivity index (χ3n) is 10.3. The summed E-state index contributed by atoms with van der Waals surface area (Å²) in [6, 6.07) is 0. The van der Waals surface area contributed by atoms with Gasteiger partial charge in [0.15, 0.2) is 5.79 Å². The minimum atomic E-state index is -0.268. The third kappa shape index (κ3) is 2.05. The van der Waals surface area contributed by atoms with Crippen LogP contribution < -0.4 is 0 Å². The molecule has 150 valence electrons. The van der Waals surface area contributed by atoms with E-state index in [-0.39, 0.29) is 23.3 Å². The van der Waals surface area contributed by atoms with E-state index >= 15 is 0 Å². The summed E-state index contributed by atoms with van der Waals surface area (Å²) in [5, 5.41) is 0. The Labute approximate surface area is 162 Å². The predicted octanol–water partition coefficient (Wildman–Crippen LogP) is 4.31. The van der Waals surface area contributed by atoms with Gasteiger partial charge >= 0.3 is 5.97 Å². The maximum Gasteiger partial charge on any atom is 0.313 e. The van der Waals surface area contributed by atoms with Crippen LogP contribution in [-0.4, -0.2) is 31.1 Å². The normalized spacial score (nSPS) is 55.6. The Bertz CT molecular complexity index is 655.